The first kappa shape index (κ1) is 23.5. The van der Waals surface area contributed by atoms with E-state index in [1.807, 2.05) is 39.0 Å². The first-order chi connectivity index (χ1) is 16.4. The first-order valence-electron chi connectivity index (χ1n) is 11.1. The molecule has 1 aromatic heterocycles. The normalized spacial score (nSPS) is 10.8. The number of hydrogen-bond acceptors (Lipinski definition) is 4. The van der Waals surface area contributed by atoms with Crippen molar-refractivity contribution in [1.82, 2.24) is 4.98 Å². The van der Waals surface area contributed by atoms with E-state index < -0.39 is 0 Å². The summed E-state index contributed by atoms with van der Waals surface area (Å²) in [6.07, 6.45) is 0.761. The van der Waals surface area contributed by atoms with E-state index in [2.05, 4.69) is 11.4 Å². The molecule has 0 saturated carbocycles. The van der Waals surface area contributed by atoms with Crippen LogP contribution in [-0.2, 0) is 4.74 Å². The predicted octanol–water partition coefficient (Wildman–Crippen LogP) is 6.99. The van der Waals surface area contributed by atoms with Crippen LogP contribution in [0.15, 0.2) is 66.7 Å². The third-order valence-corrected chi connectivity index (χ3v) is 5.70. The molecule has 172 valence electrons. The Balaban J connectivity index is 1.70. The van der Waals surface area contributed by atoms with Gasteiger partial charge in [0.05, 0.1) is 28.9 Å². The van der Waals surface area contributed by atoms with Gasteiger partial charge in [0, 0.05) is 21.7 Å². The number of fused-ring (bicyclic) bond motifs is 1. The minimum atomic E-state index is -0.376. The smallest absolute Gasteiger partial charge is 0.338 e. The lowest BCUT2D eigenvalue weighted by Gasteiger charge is -2.13. The minimum absolute atomic E-state index is 0.256. The third kappa shape index (κ3) is 5.10. The maximum absolute atomic E-state index is 13.4. The number of amides is 1. The van der Waals surface area contributed by atoms with E-state index in [0.29, 0.717) is 34.1 Å². The first-order valence-corrected chi connectivity index (χ1v) is 11.5. The highest BCUT2D eigenvalue weighted by Gasteiger charge is 2.17. The van der Waals surface area contributed by atoms with Gasteiger partial charge in [-0.05, 0) is 74.4 Å². The molecule has 0 bridgehead atoms. The Morgan fingerprint density at radius 2 is 1.68 bits per heavy atom. The molecule has 0 fully saturated rings. The van der Waals surface area contributed by atoms with Crippen molar-refractivity contribution < 1.29 is 14.3 Å². The van der Waals surface area contributed by atoms with Crippen molar-refractivity contribution in [2.75, 3.05) is 11.9 Å². The summed E-state index contributed by atoms with van der Waals surface area (Å²) in [7, 11) is 0. The van der Waals surface area contributed by atoms with Gasteiger partial charge in [0.15, 0.2) is 0 Å². The van der Waals surface area contributed by atoms with Crippen molar-refractivity contribution in [1.29, 1.82) is 0 Å². The summed E-state index contributed by atoms with van der Waals surface area (Å²) in [5, 5.41) is 4.37. The van der Waals surface area contributed by atoms with E-state index in [0.717, 1.165) is 34.0 Å². The van der Waals surface area contributed by atoms with Crippen molar-refractivity contribution in [2.24, 2.45) is 0 Å². The summed E-state index contributed by atoms with van der Waals surface area (Å²) in [6, 6.07) is 19.9. The Bertz CT molecular complexity index is 1360. The number of esters is 1. The Kier molecular flexibility index (Phi) is 6.94. The largest absolute Gasteiger partial charge is 0.462 e. The molecule has 0 aliphatic carbocycles. The molecular formula is C28H25ClN2O3. The number of nitrogens with zero attached hydrogens (tertiary/aromatic N) is 1. The van der Waals surface area contributed by atoms with Crippen LogP contribution in [0.4, 0.5) is 5.69 Å². The molecule has 4 rings (SSSR count). The van der Waals surface area contributed by atoms with E-state index in [1.54, 1.807) is 42.5 Å². The number of rotatable bonds is 6. The van der Waals surface area contributed by atoms with E-state index in [-0.39, 0.29) is 11.9 Å². The molecule has 1 N–H and O–H groups in total. The van der Waals surface area contributed by atoms with Gasteiger partial charge in [-0.15, -0.1) is 0 Å². The lowest BCUT2D eigenvalue weighted by Crippen LogP contribution is -2.14. The zero-order chi connectivity index (χ0) is 24.2. The number of nitrogens with one attached hydrogen (secondary N) is 1. The van der Waals surface area contributed by atoms with E-state index in [9.17, 15) is 9.59 Å². The molecule has 0 unspecified atom stereocenters. The van der Waals surface area contributed by atoms with Gasteiger partial charge in [-0.2, -0.15) is 0 Å². The van der Waals surface area contributed by atoms with Crippen LogP contribution in [0.1, 0.15) is 45.2 Å². The van der Waals surface area contributed by atoms with Crippen LogP contribution < -0.4 is 5.32 Å². The van der Waals surface area contributed by atoms with Crippen LogP contribution in [-0.4, -0.2) is 23.5 Å². The van der Waals surface area contributed by atoms with Crippen molar-refractivity contribution in [3.05, 3.63) is 94.0 Å². The second-order valence-corrected chi connectivity index (χ2v) is 8.64. The van der Waals surface area contributed by atoms with Gasteiger partial charge in [-0.3, -0.25) is 4.79 Å². The van der Waals surface area contributed by atoms with Gasteiger partial charge in [0.2, 0.25) is 0 Å². The molecule has 4 aromatic rings. The zero-order valence-corrected chi connectivity index (χ0v) is 20.1. The molecule has 0 saturated heterocycles. The summed E-state index contributed by atoms with van der Waals surface area (Å²) in [4.78, 5) is 30.3. The number of hydrogen-bond donors (Lipinski definition) is 1. The maximum atomic E-state index is 13.4. The number of carbonyl (C=O) groups is 2. The van der Waals surface area contributed by atoms with E-state index in [4.69, 9.17) is 21.3 Å². The fraction of sp³-hybridized carbons (Fsp3) is 0.179. The predicted molar refractivity (Wildman–Crippen MR) is 137 cm³/mol. The quantitative estimate of drug-likeness (QED) is 0.307. The number of benzene rings is 3. The standard InChI is InChI=1S/C28H25ClN2O3/c1-4-13-34-28(33)20-7-11-22(12-8-20)30-27(32)24-16-25(19-5-9-21(29)10-6-19)31-26-18(3)14-17(2)15-23(24)26/h5-12,14-16H,4,13H2,1-3H3,(H,30,32). The van der Waals surface area contributed by atoms with Crippen LogP contribution in [0.5, 0.6) is 0 Å². The highest BCUT2D eigenvalue weighted by molar-refractivity contribution is 6.30. The van der Waals surface area contributed by atoms with Gasteiger partial charge in [-0.25, -0.2) is 9.78 Å². The average molecular weight is 473 g/mol. The molecular weight excluding hydrogens is 448 g/mol. The number of anilines is 1. The van der Waals surface area contributed by atoms with Gasteiger partial charge < -0.3 is 10.1 Å². The van der Waals surface area contributed by atoms with Crippen molar-refractivity contribution >= 4 is 40.1 Å². The Hall–Kier alpha value is -3.70. The second kappa shape index (κ2) is 10.1. The Morgan fingerprint density at radius 3 is 2.35 bits per heavy atom. The lowest BCUT2D eigenvalue weighted by molar-refractivity contribution is 0.0505. The van der Waals surface area contributed by atoms with Crippen LogP contribution in [0.25, 0.3) is 22.2 Å². The summed E-state index contributed by atoms with van der Waals surface area (Å²) in [5.41, 5.74) is 5.93. The van der Waals surface area contributed by atoms with Crippen LogP contribution in [0.2, 0.25) is 5.02 Å². The highest BCUT2D eigenvalue weighted by atomic mass is 35.5. The fourth-order valence-corrected chi connectivity index (χ4v) is 3.93. The highest BCUT2D eigenvalue weighted by Crippen LogP contribution is 2.29. The monoisotopic (exact) mass is 472 g/mol. The molecule has 0 atom stereocenters. The average Bonchev–Trinajstić information content (AvgIpc) is 2.83. The number of ether oxygens (including phenoxy) is 1. The van der Waals surface area contributed by atoms with Gasteiger partial charge >= 0.3 is 5.97 Å². The second-order valence-electron chi connectivity index (χ2n) is 8.21. The lowest BCUT2D eigenvalue weighted by atomic mass is 9.99. The van der Waals surface area contributed by atoms with Crippen LogP contribution in [0, 0.1) is 13.8 Å². The maximum Gasteiger partial charge on any atom is 0.338 e. The van der Waals surface area contributed by atoms with E-state index in [1.165, 1.54) is 0 Å². The minimum Gasteiger partial charge on any atom is -0.462 e. The fourth-order valence-electron chi connectivity index (χ4n) is 3.80. The van der Waals surface area contributed by atoms with Crippen LogP contribution >= 0.6 is 11.6 Å². The molecule has 0 spiro atoms. The number of aromatic nitrogens is 1. The van der Waals surface area contributed by atoms with Gasteiger partial charge in [0.1, 0.15) is 0 Å². The van der Waals surface area contributed by atoms with Crippen molar-refractivity contribution in [2.45, 2.75) is 27.2 Å². The number of aryl methyl sites for hydroxylation is 2. The summed E-state index contributed by atoms with van der Waals surface area (Å²) in [5.74, 6) is -0.632. The van der Waals surface area contributed by atoms with Gasteiger partial charge in [-0.1, -0.05) is 42.3 Å². The summed E-state index contributed by atoms with van der Waals surface area (Å²) >= 11 is 6.05. The molecule has 6 heteroatoms. The van der Waals surface area contributed by atoms with Crippen molar-refractivity contribution in [3.63, 3.8) is 0 Å². The summed E-state index contributed by atoms with van der Waals surface area (Å²) < 4.78 is 5.16. The van der Waals surface area contributed by atoms with E-state index >= 15 is 0 Å². The van der Waals surface area contributed by atoms with Gasteiger partial charge in [0.25, 0.3) is 5.91 Å². The molecule has 34 heavy (non-hydrogen) atoms. The molecule has 1 heterocycles. The van der Waals surface area contributed by atoms with Crippen molar-refractivity contribution in [3.8, 4) is 11.3 Å². The molecule has 5 nitrogen and oxygen atoms in total. The zero-order valence-electron chi connectivity index (χ0n) is 19.3. The molecule has 0 radical (unpaired) electrons. The number of pyridine rings is 1. The summed E-state index contributed by atoms with van der Waals surface area (Å²) in [6.45, 7) is 6.31. The number of carbonyl (C=O) groups excluding carboxylic acids is 2. The SMILES string of the molecule is CCCOC(=O)c1ccc(NC(=O)c2cc(-c3ccc(Cl)cc3)nc3c(C)cc(C)cc23)cc1. The Morgan fingerprint density at radius 1 is 0.971 bits per heavy atom. The molecule has 0 aliphatic rings. The Labute approximate surface area is 203 Å². The molecule has 1 amide bonds. The number of halogens is 1. The molecule has 3 aromatic carbocycles. The third-order valence-electron chi connectivity index (χ3n) is 5.45. The topological polar surface area (TPSA) is 68.3 Å². The molecule has 0 aliphatic heterocycles. The van der Waals surface area contributed by atoms with Crippen LogP contribution in [0.3, 0.4) is 0 Å².